The van der Waals surface area contributed by atoms with Gasteiger partial charge in [0.15, 0.2) is 10.8 Å². The molecular formula is C11H14N2OS. The number of furan rings is 1. The number of hydrogen-bond acceptors (Lipinski definition) is 4. The number of nitrogens with one attached hydrogen (secondary N) is 1. The molecule has 0 amide bonds. The minimum absolute atomic E-state index is 0.803. The van der Waals surface area contributed by atoms with Crippen molar-refractivity contribution in [2.75, 3.05) is 7.05 Å². The fourth-order valence-electron chi connectivity index (χ4n) is 1.37. The third-order valence-electron chi connectivity index (χ3n) is 2.13. The number of hydrogen-bond donors (Lipinski definition) is 1. The molecule has 0 aliphatic carbocycles. The van der Waals surface area contributed by atoms with Crippen molar-refractivity contribution in [3.63, 3.8) is 0 Å². The summed E-state index contributed by atoms with van der Waals surface area (Å²) in [6.45, 7) is 2.88. The Hall–Kier alpha value is -1.13. The number of thiazole rings is 1. The summed E-state index contributed by atoms with van der Waals surface area (Å²) in [5, 5.41) is 6.09. The van der Waals surface area contributed by atoms with Crippen molar-refractivity contribution < 1.29 is 4.42 Å². The molecule has 0 saturated carbocycles. The lowest BCUT2D eigenvalue weighted by Crippen LogP contribution is -2.04. The van der Waals surface area contributed by atoms with Crippen LogP contribution in [0.15, 0.2) is 21.9 Å². The lowest BCUT2D eigenvalue weighted by Gasteiger charge is -1.91. The van der Waals surface area contributed by atoms with Gasteiger partial charge in [-0.15, -0.1) is 11.3 Å². The van der Waals surface area contributed by atoms with Crippen molar-refractivity contribution in [3.05, 3.63) is 29.0 Å². The standard InChI is InChI=1S/C11H14N2OS/c1-3-9-4-5-10(14-9)11-13-8(6-12-2)7-15-11/h4-5,7,12H,3,6H2,1-2H3. The van der Waals surface area contributed by atoms with Gasteiger partial charge in [0, 0.05) is 18.3 Å². The van der Waals surface area contributed by atoms with E-state index in [0.717, 1.165) is 35.2 Å². The first-order valence-corrected chi connectivity index (χ1v) is 5.89. The first-order chi connectivity index (χ1) is 7.33. The van der Waals surface area contributed by atoms with Crippen LogP contribution in [0.1, 0.15) is 18.4 Å². The van der Waals surface area contributed by atoms with Crippen LogP contribution < -0.4 is 5.32 Å². The second-order valence-corrected chi connectivity index (χ2v) is 4.15. The fraction of sp³-hybridized carbons (Fsp3) is 0.364. The third-order valence-corrected chi connectivity index (χ3v) is 3.04. The Morgan fingerprint density at radius 2 is 2.33 bits per heavy atom. The maximum atomic E-state index is 5.64. The van der Waals surface area contributed by atoms with Gasteiger partial charge >= 0.3 is 0 Å². The van der Waals surface area contributed by atoms with Crippen LogP contribution >= 0.6 is 11.3 Å². The molecule has 2 aromatic rings. The smallest absolute Gasteiger partial charge is 0.162 e. The minimum atomic E-state index is 0.803. The van der Waals surface area contributed by atoms with Crippen LogP contribution in [-0.2, 0) is 13.0 Å². The van der Waals surface area contributed by atoms with Crippen LogP contribution in [-0.4, -0.2) is 12.0 Å². The van der Waals surface area contributed by atoms with Crippen molar-refractivity contribution >= 4 is 11.3 Å². The first kappa shape index (κ1) is 10.4. The molecule has 80 valence electrons. The minimum Gasteiger partial charge on any atom is -0.459 e. The summed E-state index contributed by atoms with van der Waals surface area (Å²) in [5.74, 6) is 1.88. The van der Waals surface area contributed by atoms with Crippen LogP contribution in [0.3, 0.4) is 0 Å². The van der Waals surface area contributed by atoms with Crippen LogP contribution in [0.5, 0.6) is 0 Å². The van der Waals surface area contributed by atoms with Gasteiger partial charge in [-0.1, -0.05) is 6.92 Å². The van der Waals surface area contributed by atoms with Gasteiger partial charge in [0.2, 0.25) is 0 Å². The zero-order chi connectivity index (χ0) is 10.7. The molecule has 3 nitrogen and oxygen atoms in total. The molecule has 0 saturated heterocycles. The van der Waals surface area contributed by atoms with E-state index in [1.165, 1.54) is 0 Å². The van der Waals surface area contributed by atoms with Crippen molar-refractivity contribution in [3.8, 4) is 10.8 Å². The topological polar surface area (TPSA) is 38.1 Å². The average molecular weight is 222 g/mol. The van der Waals surface area contributed by atoms with E-state index in [2.05, 4.69) is 22.6 Å². The Morgan fingerprint density at radius 3 is 3.00 bits per heavy atom. The van der Waals surface area contributed by atoms with Crippen LogP contribution in [0.25, 0.3) is 10.8 Å². The van der Waals surface area contributed by atoms with Gasteiger partial charge in [-0.3, -0.25) is 0 Å². The van der Waals surface area contributed by atoms with Crippen molar-refractivity contribution in [1.82, 2.24) is 10.3 Å². The summed E-state index contributed by atoms with van der Waals surface area (Å²) in [6.07, 6.45) is 0.925. The molecule has 0 unspecified atom stereocenters. The normalized spacial score (nSPS) is 10.8. The van der Waals surface area contributed by atoms with Crippen molar-refractivity contribution in [1.29, 1.82) is 0 Å². The predicted octanol–water partition coefficient (Wildman–Crippen LogP) is 2.68. The first-order valence-electron chi connectivity index (χ1n) is 5.01. The summed E-state index contributed by atoms with van der Waals surface area (Å²) < 4.78 is 5.64. The highest BCUT2D eigenvalue weighted by atomic mass is 32.1. The lowest BCUT2D eigenvalue weighted by molar-refractivity contribution is 0.529. The highest BCUT2D eigenvalue weighted by Crippen LogP contribution is 2.25. The molecule has 0 radical (unpaired) electrons. The number of rotatable bonds is 4. The van der Waals surface area contributed by atoms with E-state index in [-0.39, 0.29) is 0 Å². The molecular weight excluding hydrogens is 208 g/mol. The quantitative estimate of drug-likeness (QED) is 0.864. The molecule has 0 bridgehead atoms. The third kappa shape index (κ3) is 2.27. The molecule has 2 heterocycles. The molecule has 0 fully saturated rings. The monoisotopic (exact) mass is 222 g/mol. The Morgan fingerprint density at radius 1 is 1.47 bits per heavy atom. The van der Waals surface area contributed by atoms with Gasteiger partial charge in [-0.05, 0) is 19.2 Å². The molecule has 0 aliphatic rings. The molecule has 2 aromatic heterocycles. The predicted molar refractivity (Wildman–Crippen MR) is 62.0 cm³/mol. The molecule has 15 heavy (non-hydrogen) atoms. The average Bonchev–Trinajstić information content (AvgIpc) is 2.85. The second-order valence-electron chi connectivity index (χ2n) is 3.29. The second kappa shape index (κ2) is 4.59. The van der Waals surface area contributed by atoms with Gasteiger partial charge in [0.1, 0.15) is 5.76 Å². The molecule has 1 N–H and O–H groups in total. The Balaban J connectivity index is 2.21. The molecule has 0 atom stereocenters. The van der Waals surface area contributed by atoms with E-state index in [4.69, 9.17) is 4.42 Å². The number of aryl methyl sites for hydroxylation is 1. The number of aromatic nitrogens is 1. The van der Waals surface area contributed by atoms with Gasteiger partial charge in [0.25, 0.3) is 0 Å². The highest BCUT2D eigenvalue weighted by molar-refractivity contribution is 7.13. The van der Waals surface area contributed by atoms with E-state index in [1.54, 1.807) is 11.3 Å². The van der Waals surface area contributed by atoms with E-state index in [9.17, 15) is 0 Å². The van der Waals surface area contributed by atoms with Gasteiger partial charge in [-0.25, -0.2) is 4.98 Å². The highest BCUT2D eigenvalue weighted by Gasteiger charge is 2.08. The van der Waals surface area contributed by atoms with Crippen LogP contribution in [0.4, 0.5) is 0 Å². The van der Waals surface area contributed by atoms with E-state index in [1.807, 2.05) is 19.2 Å². The van der Waals surface area contributed by atoms with Gasteiger partial charge in [-0.2, -0.15) is 0 Å². The Kier molecular flexibility index (Phi) is 3.18. The molecule has 4 heteroatoms. The fourth-order valence-corrected chi connectivity index (χ4v) is 2.14. The summed E-state index contributed by atoms with van der Waals surface area (Å²) in [7, 11) is 1.92. The van der Waals surface area contributed by atoms with Crippen molar-refractivity contribution in [2.45, 2.75) is 19.9 Å². The Bertz CT molecular complexity index is 433. The lowest BCUT2D eigenvalue weighted by atomic mass is 10.4. The number of nitrogens with zero attached hydrogens (tertiary/aromatic N) is 1. The SMILES string of the molecule is CCc1ccc(-c2nc(CNC)cs2)o1. The van der Waals surface area contributed by atoms with Crippen LogP contribution in [0, 0.1) is 0 Å². The summed E-state index contributed by atoms with van der Waals surface area (Å²) >= 11 is 1.62. The van der Waals surface area contributed by atoms with Gasteiger partial charge in [0.05, 0.1) is 5.69 Å². The summed E-state index contributed by atoms with van der Waals surface area (Å²) in [6, 6.07) is 4.00. The maximum Gasteiger partial charge on any atom is 0.162 e. The zero-order valence-corrected chi connectivity index (χ0v) is 9.73. The molecule has 0 spiro atoms. The van der Waals surface area contributed by atoms with Crippen molar-refractivity contribution in [2.24, 2.45) is 0 Å². The largest absolute Gasteiger partial charge is 0.459 e. The van der Waals surface area contributed by atoms with Crippen LogP contribution in [0.2, 0.25) is 0 Å². The Labute approximate surface area is 93.2 Å². The summed E-state index contributed by atoms with van der Waals surface area (Å²) in [4.78, 5) is 4.48. The maximum absolute atomic E-state index is 5.64. The molecule has 2 rings (SSSR count). The summed E-state index contributed by atoms with van der Waals surface area (Å²) in [5.41, 5.74) is 1.06. The van der Waals surface area contributed by atoms with E-state index < -0.39 is 0 Å². The van der Waals surface area contributed by atoms with E-state index in [0.29, 0.717) is 0 Å². The molecule has 0 aromatic carbocycles. The van der Waals surface area contributed by atoms with E-state index >= 15 is 0 Å². The zero-order valence-electron chi connectivity index (χ0n) is 8.91. The van der Waals surface area contributed by atoms with Gasteiger partial charge < -0.3 is 9.73 Å². The molecule has 0 aliphatic heterocycles.